The number of fused-ring (bicyclic) bond motifs is 1. The molecule has 0 unspecified atom stereocenters. The minimum atomic E-state index is -3.59. The van der Waals surface area contributed by atoms with Gasteiger partial charge in [0.1, 0.15) is 5.60 Å². The highest BCUT2D eigenvalue weighted by Gasteiger charge is 2.29. The van der Waals surface area contributed by atoms with Crippen LogP contribution in [0.25, 0.3) is 0 Å². The summed E-state index contributed by atoms with van der Waals surface area (Å²) in [6.07, 6.45) is 0.737. The van der Waals surface area contributed by atoms with Crippen LogP contribution < -0.4 is 15.6 Å². The number of benzene rings is 2. The first-order chi connectivity index (χ1) is 14.9. The minimum Gasteiger partial charge on any atom is -0.444 e. The summed E-state index contributed by atoms with van der Waals surface area (Å²) in [4.78, 5) is 25.6. The van der Waals surface area contributed by atoms with Crippen molar-refractivity contribution in [3.05, 3.63) is 64.7 Å². The Labute approximate surface area is 188 Å². The maximum Gasteiger partial charge on any atom is 0.410 e. The summed E-state index contributed by atoms with van der Waals surface area (Å²) < 4.78 is 31.8. The molecule has 2 aromatic carbocycles. The highest BCUT2D eigenvalue weighted by molar-refractivity contribution is 7.92. The van der Waals surface area contributed by atoms with Crippen molar-refractivity contribution in [2.24, 2.45) is 5.84 Å². The SMILES string of the molecule is CC(C)(C)OC(=O)N1Cc2ccc(N(Cc3ccc(C(=O)NN)cc3)S(C)(=O)=O)cc2C1. The number of ether oxygens (including phenoxy) is 1. The van der Waals surface area contributed by atoms with E-state index in [-0.39, 0.29) is 6.54 Å². The third-order valence-corrected chi connectivity index (χ3v) is 6.07. The van der Waals surface area contributed by atoms with Gasteiger partial charge in [-0.05, 0) is 61.7 Å². The van der Waals surface area contributed by atoms with Gasteiger partial charge in [0.25, 0.3) is 5.91 Å². The van der Waals surface area contributed by atoms with E-state index in [4.69, 9.17) is 10.6 Å². The van der Waals surface area contributed by atoms with Crippen LogP contribution >= 0.6 is 0 Å². The Morgan fingerprint density at radius 2 is 1.72 bits per heavy atom. The van der Waals surface area contributed by atoms with Crippen LogP contribution in [0.2, 0.25) is 0 Å². The summed E-state index contributed by atoms with van der Waals surface area (Å²) >= 11 is 0. The average molecular weight is 461 g/mol. The topological polar surface area (TPSA) is 122 Å². The molecule has 0 radical (unpaired) electrons. The number of nitrogens with one attached hydrogen (secondary N) is 1. The van der Waals surface area contributed by atoms with E-state index >= 15 is 0 Å². The van der Waals surface area contributed by atoms with Crippen molar-refractivity contribution in [2.45, 2.75) is 46.0 Å². The van der Waals surface area contributed by atoms with Crippen molar-refractivity contribution >= 4 is 27.7 Å². The van der Waals surface area contributed by atoms with E-state index in [1.54, 1.807) is 41.3 Å². The molecule has 0 aromatic heterocycles. The standard InChI is InChI=1S/C22H28N4O5S/c1-22(2,3)31-21(28)25-13-17-9-10-19(11-18(17)14-25)26(32(4,29)30)12-15-5-7-16(8-6-15)20(27)24-23/h5-11H,12-14,23H2,1-4H3,(H,24,27). The third kappa shape index (κ3) is 5.57. The first kappa shape index (κ1) is 23.6. The van der Waals surface area contributed by atoms with Gasteiger partial charge >= 0.3 is 6.09 Å². The van der Waals surface area contributed by atoms with Crippen molar-refractivity contribution in [3.63, 3.8) is 0 Å². The molecule has 2 amide bonds. The van der Waals surface area contributed by atoms with E-state index in [0.29, 0.717) is 29.9 Å². The lowest BCUT2D eigenvalue weighted by molar-refractivity contribution is 0.0241. The van der Waals surface area contributed by atoms with Crippen molar-refractivity contribution in [1.29, 1.82) is 0 Å². The number of hydrogen-bond acceptors (Lipinski definition) is 6. The van der Waals surface area contributed by atoms with E-state index < -0.39 is 27.6 Å². The summed E-state index contributed by atoms with van der Waals surface area (Å²) in [5.41, 5.74) is 4.87. The third-order valence-electron chi connectivity index (χ3n) is 4.93. The molecule has 0 aliphatic carbocycles. The lowest BCUT2D eigenvalue weighted by atomic mass is 10.1. The van der Waals surface area contributed by atoms with Crippen molar-refractivity contribution in [2.75, 3.05) is 10.6 Å². The van der Waals surface area contributed by atoms with Crippen LogP contribution in [0.1, 0.15) is 47.8 Å². The highest BCUT2D eigenvalue weighted by Crippen LogP contribution is 2.30. The molecule has 1 aliphatic rings. The molecule has 2 aromatic rings. The average Bonchev–Trinajstić information content (AvgIpc) is 3.13. The zero-order chi connectivity index (χ0) is 23.7. The summed E-state index contributed by atoms with van der Waals surface area (Å²) in [6.45, 7) is 6.28. The molecule has 10 heteroatoms. The predicted molar refractivity (Wildman–Crippen MR) is 121 cm³/mol. The molecular weight excluding hydrogens is 432 g/mol. The maximum absolute atomic E-state index is 12.5. The lowest BCUT2D eigenvalue weighted by Gasteiger charge is -2.24. The number of amides is 2. The fourth-order valence-corrected chi connectivity index (χ4v) is 4.28. The summed E-state index contributed by atoms with van der Waals surface area (Å²) in [6, 6.07) is 11.9. The van der Waals surface area contributed by atoms with Gasteiger partial charge in [-0.25, -0.2) is 19.1 Å². The normalized spacial score (nSPS) is 13.5. The number of nitrogen functional groups attached to an aromatic ring is 1. The Hall–Kier alpha value is -3.11. The Morgan fingerprint density at radius 3 is 2.28 bits per heavy atom. The number of sulfonamides is 1. The minimum absolute atomic E-state index is 0.0952. The number of hydrazine groups is 1. The van der Waals surface area contributed by atoms with Crippen molar-refractivity contribution in [3.8, 4) is 0 Å². The molecule has 3 rings (SSSR count). The Morgan fingerprint density at radius 1 is 1.09 bits per heavy atom. The second-order valence-corrected chi connectivity index (χ2v) is 10.6. The van der Waals surface area contributed by atoms with Crippen LogP contribution in [-0.4, -0.2) is 37.2 Å². The number of rotatable bonds is 5. The molecule has 0 atom stereocenters. The largest absolute Gasteiger partial charge is 0.444 e. The Balaban J connectivity index is 1.82. The van der Waals surface area contributed by atoms with Gasteiger partial charge in [-0.3, -0.25) is 19.4 Å². The zero-order valence-electron chi connectivity index (χ0n) is 18.6. The molecular formula is C22H28N4O5S. The van der Waals surface area contributed by atoms with E-state index in [0.717, 1.165) is 17.4 Å². The second kappa shape index (κ2) is 8.79. The second-order valence-electron chi connectivity index (χ2n) is 8.73. The predicted octanol–water partition coefficient (Wildman–Crippen LogP) is 2.51. The molecule has 0 bridgehead atoms. The van der Waals surface area contributed by atoms with Crippen LogP contribution in [0, 0.1) is 0 Å². The summed E-state index contributed by atoms with van der Waals surface area (Å²) in [7, 11) is -3.59. The summed E-state index contributed by atoms with van der Waals surface area (Å²) in [5, 5.41) is 0. The lowest BCUT2D eigenvalue weighted by Crippen LogP contribution is -2.33. The van der Waals surface area contributed by atoms with Gasteiger partial charge in [0.2, 0.25) is 10.0 Å². The molecule has 1 heterocycles. The quantitative estimate of drug-likeness (QED) is 0.402. The number of carbonyl (C=O) groups is 2. The van der Waals surface area contributed by atoms with Crippen molar-refractivity contribution in [1.82, 2.24) is 10.3 Å². The number of anilines is 1. The molecule has 0 saturated heterocycles. The molecule has 0 fully saturated rings. The number of nitrogens with two attached hydrogens (primary N) is 1. The van der Waals surface area contributed by atoms with Gasteiger partial charge in [-0.2, -0.15) is 0 Å². The van der Waals surface area contributed by atoms with Gasteiger partial charge in [0.05, 0.1) is 18.5 Å². The fourth-order valence-electron chi connectivity index (χ4n) is 3.40. The molecule has 9 nitrogen and oxygen atoms in total. The van der Waals surface area contributed by atoms with Gasteiger partial charge in [0.15, 0.2) is 0 Å². The highest BCUT2D eigenvalue weighted by atomic mass is 32.2. The Kier molecular flexibility index (Phi) is 6.47. The smallest absolute Gasteiger partial charge is 0.410 e. The molecule has 3 N–H and O–H groups in total. The molecule has 172 valence electrons. The van der Waals surface area contributed by atoms with Gasteiger partial charge < -0.3 is 4.74 Å². The molecule has 32 heavy (non-hydrogen) atoms. The van der Waals surface area contributed by atoms with Crippen LogP contribution in [0.4, 0.5) is 10.5 Å². The zero-order valence-corrected chi connectivity index (χ0v) is 19.4. The number of hydrogen-bond donors (Lipinski definition) is 2. The van der Waals surface area contributed by atoms with Crippen molar-refractivity contribution < 1.29 is 22.7 Å². The summed E-state index contributed by atoms with van der Waals surface area (Å²) in [5.74, 6) is 4.71. The van der Waals surface area contributed by atoms with Gasteiger partial charge in [-0.15, -0.1) is 0 Å². The molecule has 1 aliphatic heterocycles. The first-order valence-electron chi connectivity index (χ1n) is 10.0. The maximum atomic E-state index is 12.5. The number of carbonyl (C=O) groups excluding carboxylic acids is 2. The van der Waals surface area contributed by atoms with E-state index in [9.17, 15) is 18.0 Å². The van der Waals surface area contributed by atoms with Crippen LogP contribution in [0.15, 0.2) is 42.5 Å². The van der Waals surface area contributed by atoms with E-state index in [2.05, 4.69) is 5.43 Å². The fraction of sp³-hybridized carbons (Fsp3) is 0.364. The van der Waals surface area contributed by atoms with Crippen LogP contribution in [-0.2, 0) is 34.4 Å². The van der Waals surface area contributed by atoms with E-state index in [1.807, 2.05) is 26.8 Å². The van der Waals surface area contributed by atoms with Gasteiger partial charge in [-0.1, -0.05) is 18.2 Å². The van der Waals surface area contributed by atoms with Crippen LogP contribution in [0.3, 0.4) is 0 Å². The first-order valence-corrected chi connectivity index (χ1v) is 11.9. The van der Waals surface area contributed by atoms with E-state index in [1.165, 1.54) is 4.31 Å². The monoisotopic (exact) mass is 460 g/mol. The van der Waals surface area contributed by atoms with Crippen LogP contribution in [0.5, 0.6) is 0 Å². The molecule has 0 spiro atoms. The number of nitrogens with zero attached hydrogens (tertiary/aromatic N) is 2. The van der Waals surface area contributed by atoms with Gasteiger partial charge in [0, 0.05) is 18.7 Å². The molecule has 0 saturated carbocycles. The Bertz CT molecular complexity index is 1120.